The van der Waals surface area contributed by atoms with Crippen molar-refractivity contribution in [3.63, 3.8) is 0 Å². The van der Waals surface area contributed by atoms with Crippen LogP contribution in [0.25, 0.3) is 0 Å². The van der Waals surface area contributed by atoms with Crippen molar-refractivity contribution in [2.75, 3.05) is 11.5 Å². The van der Waals surface area contributed by atoms with Crippen LogP contribution < -0.4 is 17.0 Å². The third kappa shape index (κ3) is 2.43. The molecule has 8 nitrogen and oxygen atoms in total. The van der Waals surface area contributed by atoms with Crippen LogP contribution in [0.15, 0.2) is 38.9 Å². The number of rotatable bonds is 3. The maximum atomic E-state index is 12.1. The Hall–Kier alpha value is -2.55. The minimum Gasteiger partial charge on any atom is -0.382 e. The topological polar surface area (TPSA) is 130 Å². The minimum atomic E-state index is -0.520. The maximum Gasteiger partial charge on any atom is 0.283 e. The highest BCUT2D eigenvalue weighted by Crippen LogP contribution is 2.34. The van der Waals surface area contributed by atoms with E-state index in [-0.39, 0.29) is 22.3 Å². The third-order valence-corrected chi connectivity index (χ3v) is 3.74. The van der Waals surface area contributed by atoms with Crippen LogP contribution in [0.3, 0.4) is 0 Å². The second kappa shape index (κ2) is 5.21. The molecule has 0 spiro atoms. The fourth-order valence-corrected chi connectivity index (χ4v) is 2.50. The van der Waals surface area contributed by atoms with Crippen LogP contribution in [0.2, 0.25) is 0 Å². The normalized spacial score (nSPS) is 10.4. The number of anilines is 2. The van der Waals surface area contributed by atoms with Crippen molar-refractivity contribution >= 4 is 29.2 Å². The van der Waals surface area contributed by atoms with Crippen LogP contribution >= 0.6 is 11.8 Å². The van der Waals surface area contributed by atoms with Crippen molar-refractivity contribution in [2.45, 2.75) is 9.79 Å². The number of aromatic nitrogens is 2. The second-order valence-electron chi connectivity index (χ2n) is 3.88. The third-order valence-electron chi connectivity index (χ3n) is 2.58. The number of nitrogen functional groups attached to an aromatic ring is 2. The van der Waals surface area contributed by atoms with Crippen LogP contribution in [-0.4, -0.2) is 14.5 Å². The lowest BCUT2D eigenvalue weighted by Crippen LogP contribution is -2.24. The van der Waals surface area contributed by atoms with E-state index in [9.17, 15) is 14.9 Å². The Kier molecular flexibility index (Phi) is 3.61. The van der Waals surface area contributed by atoms with Crippen molar-refractivity contribution in [2.24, 2.45) is 7.05 Å². The molecule has 2 aromatic rings. The summed E-state index contributed by atoms with van der Waals surface area (Å²) in [4.78, 5) is 26.7. The fourth-order valence-electron chi connectivity index (χ4n) is 1.52. The van der Waals surface area contributed by atoms with Gasteiger partial charge in [0.15, 0.2) is 0 Å². The largest absolute Gasteiger partial charge is 0.382 e. The summed E-state index contributed by atoms with van der Waals surface area (Å²) in [7, 11) is 1.45. The van der Waals surface area contributed by atoms with Crippen LogP contribution in [0.5, 0.6) is 0 Å². The van der Waals surface area contributed by atoms with Gasteiger partial charge in [-0.15, -0.1) is 0 Å². The van der Waals surface area contributed by atoms with E-state index in [2.05, 4.69) is 4.98 Å². The molecule has 0 saturated carbocycles. The van der Waals surface area contributed by atoms with E-state index in [0.717, 1.165) is 16.3 Å². The number of benzene rings is 1. The summed E-state index contributed by atoms with van der Waals surface area (Å²) in [5.74, 6) is -0.0619. The van der Waals surface area contributed by atoms with Crippen molar-refractivity contribution in [1.82, 2.24) is 9.55 Å². The Labute approximate surface area is 117 Å². The van der Waals surface area contributed by atoms with Gasteiger partial charge in [0.2, 0.25) is 5.95 Å². The zero-order valence-electron chi connectivity index (χ0n) is 10.4. The molecule has 1 aromatic heterocycles. The highest BCUT2D eigenvalue weighted by Gasteiger charge is 2.18. The number of hydrogen-bond acceptors (Lipinski definition) is 7. The summed E-state index contributed by atoms with van der Waals surface area (Å²) in [5, 5.41) is 10.9. The number of hydrogen-bond donors (Lipinski definition) is 2. The first kappa shape index (κ1) is 13.9. The molecule has 1 aromatic carbocycles. The van der Waals surface area contributed by atoms with Gasteiger partial charge in [-0.1, -0.05) is 23.9 Å². The highest BCUT2D eigenvalue weighted by atomic mass is 32.2. The number of nitro groups is 1. The summed E-state index contributed by atoms with van der Waals surface area (Å²) >= 11 is 0.901. The molecule has 9 heteroatoms. The van der Waals surface area contributed by atoms with Gasteiger partial charge in [0, 0.05) is 13.1 Å². The highest BCUT2D eigenvalue weighted by molar-refractivity contribution is 7.99. The van der Waals surface area contributed by atoms with Crippen molar-refractivity contribution < 1.29 is 4.92 Å². The summed E-state index contributed by atoms with van der Waals surface area (Å²) in [6, 6.07) is 6.08. The molecular formula is C11H11N5O3S. The average Bonchev–Trinajstić information content (AvgIpc) is 2.41. The quantitative estimate of drug-likeness (QED) is 0.637. The monoisotopic (exact) mass is 293 g/mol. The van der Waals surface area contributed by atoms with Gasteiger partial charge in [-0.2, -0.15) is 4.98 Å². The van der Waals surface area contributed by atoms with Crippen LogP contribution in [-0.2, 0) is 7.05 Å². The zero-order valence-corrected chi connectivity index (χ0v) is 11.3. The lowest BCUT2D eigenvalue weighted by atomic mass is 10.3. The lowest BCUT2D eigenvalue weighted by molar-refractivity contribution is -0.387. The Balaban J connectivity index is 2.54. The van der Waals surface area contributed by atoms with Crippen molar-refractivity contribution in [1.29, 1.82) is 0 Å². The van der Waals surface area contributed by atoms with E-state index in [1.807, 2.05) is 0 Å². The molecule has 1 heterocycles. The van der Waals surface area contributed by atoms with Gasteiger partial charge in [0.1, 0.15) is 10.7 Å². The predicted octanol–water partition coefficient (Wildman–Crippen LogP) is 1.00. The standard InChI is InChI=1S/C11H11N5O3S/c1-15-10(17)8(9(12)14-11(15)13)20-7-5-3-2-4-6(7)16(18)19/h2-5H,12H2,1H3,(H2,13,14). The first-order valence-corrected chi connectivity index (χ1v) is 6.26. The van der Waals surface area contributed by atoms with E-state index in [0.29, 0.717) is 4.90 Å². The van der Waals surface area contributed by atoms with E-state index in [4.69, 9.17) is 11.5 Å². The zero-order chi connectivity index (χ0) is 14.9. The SMILES string of the molecule is Cn1c(N)nc(N)c(Sc2ccccc2[N+](=O)[O-])c1=O. The summed E-state index contributed by atoms with van der Waals surface area (Å²) in [5.41, 5.74) is 10.6. The van der Waals surface area contributed by atoms with E-state index in [1.54, 1.807) is 12.1 Å². The van der Waals surface area contributed by atoms with Gasteiger partial charge in [0.05, 0.1) is 9.82 Å². The van der Waals surface area contributed by atoms with E-state index < -0.39 is 10.5 Å². The van der Waals surface area contributed by atoms with Crippen molar-refractivity contribution in [3.8, 4) is 0 Å². The van der Waals surface area contributed by atoms with E-state index >= 15 is 0 Å². The number of nitrogens with zero attached hydrogens (tertiary/aromatic N) is 3. The van der Waals surface area contributed by atoms with Gasteiger partial charge < -0.3 is 11.5 Å². The first-order chi connectivity index (χ1) is 9.41. The molecule has 0 saturated heterocycles. The molecule has 0 radical (unpaired) electrons. The number of nitro benzene ring substituents is 1. The molecule has 0 aliphatic carbocycles. The second-order valence-corrected chi connectivity index (χ2v) is 4.93. The molecule has 0 aliphatic heterocycles. The summed E-state index contributed by atoms with van der Waals surface area (Å²) in [6.07, 6.45) is 0. The van der Waals surface area contributed by atoms with Crippen molar-refractivity contribution in [3.05, 3.63) is 44.7 Å². The van der Waals surface area contributed by atoms with Gasteiger partial charge in [-0.3, -0.25) is 19.5 Å². The molecule has 0 bridgehead atoms. The van der Waals surface area contributed by atoms with Gasteiger partial charge in [-0.25, -0.2) is 0 Å². The Bertz CT molecular complexity index is 743. The molecule has 0 fully saturated rings. The smallest absolute Gasteiger partial charge is 0.283 e. The van der Waals surface area contributed by atoms with Gasteiger partial charge in [-0.05, 0) is 6.07 Å². The molecule has 0 amide bonds. The molecular weight excluding hydrogens is 282 g/mol. The molecule has 20 heavy (non-hydrogen) atoms. The number of nitrogens with two attached hydrogens (primary N) is 2. The Morgan fingerprint density at radius 3 is 2.65 bits per heavy atom. The number of para-hydroxylation sites is 1. The van der Waals surface area contributed by atoms with Gasteiger partial charge in [0.25, 0.3) is 11.2 Å². The lowest BCUT2D eigenvalue weighted by Gasteiger charge is -2.08. The molecule has 0 unspecified atom stereocenters. The molecule has 0 aliphatic rings. The van der Waals surface area contributed by atoms with Crippen LogP contribution in [0, 0.1) is 10.1 Å². The Morgan fingerprint density at radius 2 is 2.00 bits per heavy atom. The molecule has 2 rings (SSSR count). The fraction of sp³-hybridized carbons (Fsp3) is 0.0909. The average molecular weight is 293 g/mol. The Morgan fingerprint density at radius 1 is 1.35 bits per heavy atom. The maximum absolute atomic E-state index is 12.1. The summed E-state index contributed by atoms with van der Waals surface area (Å²) in [6.45, 7) is 0. The van der Waals surface area contributed by atoms with Crippen LogP contribution in [0.1, 0.15) is 0 Å². The minimum absolute atomic E-state index is 0.0144. The van der Waals surface area contributed by atoms with E-state index in [1.165, 1.54) is 19.2 Å². The summed E-state index contributed by atoms with van der Waals surface area (Å²) < 4.78 is 1.13. The molecule has 4 N–H and O–H groups in total. The molecule has 104 valence electrons. The van der Waals surface area contributed by atoms with Gasteiger partial charge >= 0.3 is 0 Å². The predicted molar refractivity (Wildman–Crippen MR) is 75.5 cm³/mol. The van der Waals surface area contributed by atoms with Crippen LogP contribution in [0.4, 0.5) is 17.5 Å². The molecule has 0 atom stereocenters. The first-order valence-electron chi connectivity index (χ1n) is 5.45.